The highest BCUT2D eigenvalue weighted by atomic mass is 16.3. The number of hydrogen-bond donors (Lipinski definition) is 1. The minimum Gasteiger partial charge on any atom is -0.385 e. The molecule has 0 saturated carbocycles. The van der Waals surface area contributed by atoms with Crippen molar-refractivity contribution in [3.05, 3.63) is 29.7 Å². The molecule has 0 unspecified atom stereocenters. The molecule has 13 heavy (non-hydrogen) atoms. The topological polar surface area (TPSA) is 50.4 Å². The van der Waals surface area contributed by atoms with Gasteiger partial charge in [-0.15, -0.1) is 10.2 Å². The maximum absolute atomic E-state index is 9.36. The molecule has 0 radical (unpaired) electrons. The first-order valence-corrected chi connectivity index (χ1v) is 4.18. The van der Waals surface area contributed by atoms with Crippen LogP contribution in [0.2, 0.25) is 0 Å². The number of aromatic nitrogens is 3. The summed E-state index contributed by atoms with van der Waals surface area (Å²) in [4.78, 5) is 0. The van der Waals surface area contributed by atoms with Crippen LogP contribution < -0.4 is 0 Å². The van der Waals surface area contributed by atoms with Gasteiger partial charge in [-0.3, -0.25) is 4.40 Å². The van der Waals surface area contributed by atoms with Crippen molar-refractivity contribution in [3.8, 4) is 0 Å². The Morgan fingerprint density at radius 3 is 2.92 bits per heavy atom. The molecule has 4 heteroatoms. The first kappa shape index (κ1) is 8.19. The van der Waals surface area contributed by atoms with Gasteiger partial charge in [-0.05, 0) is 31.5 Å². The van der Waals surface area contributed by atoms with Gasteiger partial charge >= 0.3 is 0 Å². The fourth-order valence-corrected chi connectivity index (χ4v) is 1.30. The van der Waals surface area contributed by atoms with Crippen LogP contribution >= 0.6 is 0 Å². The SMILES string of the molecule is Cc1ccn2c([C@H](C)O)nnc2c1. The van der Waals surface area contributed by atoms with Crippen LogP contribution in [0.25, 0.3) is 5.65 Å². The largest absolute Gasteiger partial charge is 0.385 e. The predicted octanol–water partition coefficient (Wildman–Crippen LogP) is 1.09. The lowest BCUT2D eigenvalue weighted by Gasteiger charge is -2.01. The Morgan fingerprint density at radius 2 is 2.23 bits per heavy atom. The van der Waals surface area contributed by atoms with Gasteiger partial charge in [-0.25, -0.2) is 0 Å². The molecule has 0 amide bonds. The fourth-order valence-electron chi connectivity index (χ4n) is 1.30. The van der Waals surface area contributed by atoms with E-state index in [1.165, 1.54) is 0 Å². The Balaban J connectivity index is 2.69. The number of aryl methyl sites for hydroxylation is 1. The van der Waals surface area contributed by atoms with Crippen LogP contribution in [0.5, 0.6) is 0 Å². The van der Waals surface area contributed by atoms with Crippen molar-refractivity contribution in [2.45, 2.75) is 20.0 Å². The normalized spacial score (nSPS) is 13.5. The average molecular weight is 177 g/mol. The van der Waals surface area contributed by atoms with E-state index in [9.17, 15) is 5.11 Å². The van der Waals surface area contributed by atoms with Crippen LogP contribution in [0.3, 0.4) is 0 Å². The molecule has 2 aromatic rings. The number of nitrogens with zero attached hydrogens (tertiary/aromatic N) is 3. The van der Waals surface area contributed by atoms with Crippen molar-refractivity contribution in [3.63, 3.8) is 0 Å². The molecule has 0 aromatic carbocycles. The Bertz CT molecular complexity index is 433. The van der Waals surface area contributed by atoms with E-state index in [2.05, 4.69) is 10.2 Å². The highest BCUT2D eigenvalue weighted by Gasteiger charge is 2.09. The van der Waals surface area contributed by atoms with E-state index in [0.717, 1.165) is 11.2 Å². The zero-order chi connectivity index (χ0) is 9.42. The fraction of sp³-hybridized carbons (Fsp3) is 0.333. The van der Waals surface area contributed by atoms with E-state index < -0.39 is 6.10 Å². The third-order valence-electron chi connectivity index (χ3n) is 1.97. The molecule has 0 aliphatic heterocycles. The molecule has 0 saturated heterocycles. The zero-order valence-electron chi connectivity index (χ0n) is 7.60. The number of hydrogen-bond acceptors (Lipinski definition) is 3. The molecule has 4 nitrogen and oxygen atoms in total. The summed E-state index contributed by atoms with van der Waals surface area (Å²) in [5.74, 6) is 0.579. The number of aliphatic hydroxyl groups excluding tert-OH is 1. The van der Waals surface area contributed by atoms with Gasteiger partial charge in [0.15, 0.2) is 11.5 Å². The summed E-state index contributed by atoms with van der Waals surface area (Å²) >= 11 is 0. The second-order valence-electron chi connectivity index (χ2n) is 3.17. The molecule has 2 aromatic heterocycles. The third-order valence-corrected chi connectivity index (χ3v) is 1.97. The Kier molecular flexibility index (Phi) is 1.77. The lowest BCUT2D eigenvalue weighted by atomic mass is 10.3. The van der Waals surface area contributed by atoms with E-state index in [1.54, 1.807) is 11.3 Å². The highest BCUT2D eigenvalue weighted by molar-refractivity contribution is 5.40. The van der Waals surface area contributed by atoms with E-state index in [0.29, 0.717) is 5.82 Å². The van der Waals surface area contributed by atoms with Crippen LogP contribution in [-0.2, 0) is 0 Å². The van der Waals surface area contributed by atoms with Crippen molar-refractivity contribution >= 4 is 5.65 Å². The lowest BCUT2D eigenvalue weighted by molar-refractivity contribution is 0.187. The number of rotatable bonds is 1. The second-order valence-corrected chi connectivity index (χ2v) is 3.17. The maximum Gasteiger partial charge on any atom is 0.166 e. The van der Waals surface area contributed by atoms with Crippen molar-refractivity contribution in [2.75, 3.05) is 0 Å². The summed E-state index contributed by atoms with van der Waals surface area (Å²) in [7, 11) is 0. The summed E-state index contributed by atoms with van der Waals surface area (Å²) in [6, 6.07) is 3.89. The molecule has 1 N–H and O–H groups in total. The van der Waals surface area contributed by atoms with Gasteiger partial charge in [0, 0.05) is 6.20 Å². The van der Waals surface area contributed by atoms with Crippen molar-refractivity contribution < 1.29 is 5.11 Å². The van der Waals surface area contributed by atoms with Gasteiger partial charge < -0.3 is 5.11 Å². The molecule has 0 spiro atoms. The van der Waals surface area contributed by atoms with Gasteiger partial charge in [-0.2, -0.15) is 0 Å². The molecular weight excluding hydrogens is 166 g/mol. The second kappa shape index (κ2) is 2.81. The smallest absolute Gasteiger partial charge is 0.166 e. The summed E-state index contributed by atoms with van der Waals surface area (Å²) in [5.41, 5.74) is 1.91. The summed E-state index contributed by atoms with van der Waals surface area (Å²) < 4.78 is 1.79. The monoisotopic (exact) mass is 177 g/mol. The van der Waals surface area contributed by atoms with Gasteiger partial charge in [0.25, 0.3) is 0 Å². The molecule has 0 aliphatic carbocycles. The van der Waals surface area contributed by atoms with Gasteiger partial charge in [0.2, 0.25) is 0 Å². The van der Waals surface area contributed by atoms with Crippen LogP contribution in [0.4, 0.5) is 0 Å². The zero-order valence-corrected chi connectivity index (χ0v) is 7.60. The maximum atomic E-state index is 9.36. The van der Waals surface area contributed by atoms with Crippen LogP contribution in [0.1, 0.15) is 24.4 Å². The van der Waals surface area contributed by atoms with E-state index >= 15 is 0 Å². The Hall–Kier alpha value is -1.42. The molecule has 2 rings (SSSR count). The Morgan fingerprint density at radius 1 is 1.46 bits per heavy atom. The van der Waals surface area contributed by atoms with Crippen molar-refractivity contribution in [1.29, 1.82) is 0 Å². The number of fused-ring (bicyclic) bond motifs is 1. The first-order valence-electron chi connectivity index (χ1n) is 4.18. The summed E-state index contributed by atoms with van der Waals surface area (Å²) in [5, 5.41) is 17.2. The molecule has 68 valence electrons. The van der Waals surface area contributed by atoms with Crippen molar-refractivity contribution in [2.24, 2.45) is 0 Å². The third kappa shape index (κ3) is 1.29. The average Bonchev–Trinajstić information content (AvgIpc) is 2.46. The first-order chi connectivity index (χ1) is 6.18. The van der Waals surface area contributed by atoms with E-state index in [4.69, 9.17) is 0 Å². The quantitative estimate of drug-likeness (QED) is 0.709. The van der Waals surface area contributed by atoms with E-state index in [1.807, 2.05) is 25.3 Å². The minimum atomic E-state index is -0.585. The van der Waals surface area contributed by atoms with Crippen LogP contribution in [0.15, 0.2) is 18.3 Å². The van der Waals surface area contributed by atoms with Gasteiger partial charge in [-0.1, -0.05) is 0 Å². The van der Waals surface area contributed by atoms with Crippen LogP contribution in [-0.4, -0.2) is 19.7 Å². The minimum absolute atomic E-state index is 0.579. The summed E-state index contributed by atoms with van der Waals surface area (Å²) in [6.07, 6.45) is 1.28. The number of aliphatic hydroxyl groups is 1. The van der Waals surface area contributed by atoms with Gasteiger partial charge in [0.1, 0.15) is 6.10 Å². The molecule has 0 bridgehead atoms. The number of pyridine rings is 1. The highest BCUT2D eigenvalue weighted by Crippen LogP contribution is 2.12. The lowest BCUT2D eigenvalue weighted by Crippen LogP contribution is -1.98. The molecule has 1 atom stereocenters. The Labute approximate surface area is 75.8 Å². The molecule has 0 aliphatic rings. The molecule has 0 fully saturated rings. The van der Waals surface area contributed by atoms with E-state index in [-0.39, 0.29) is 0 Å². The summed E-state index contributed by atoms with van der Waals surface area (Å²) in [6.45, 7) is 3.67. The molecule has 2 heterocycles. The van der Waals surface area contributed by atoms with Crippen LogP contribution in [0, 0.1) is 6.92 Å². The predicted molar refractivity (Wildman–Crippen MR) is 48.4 cm³/mol. The van der Waals surface area contributed by atoms with Crippen molar-refractivity contribution in [1.82, 2.24) is 14.6 Å². The standard InChI is InChI=1S/C9H11N3O/c1-6-3-4-12-8(5-6)10-11-9(12)7(2)13/h3-5,7,13H,1-2H3/t7-/m0/s1. The van der Waals surface area contributed by atoms with Gasteiger partial charge in [0.05, 0.1) is 0 Å². The molecular formula is C9H11N3O.